The molecule has 0 aliphatic carbocycles. The van der Waals surface area contributed by atoms with Gasteiger partial charge in [-0.15, -0.1) is 11.3 Å². The van der Waals surface area contributed by atoms with E-state index >= 15 is 0 Å². The Bertz CT molecular complexity index is 1440. The van der Waals surface area contributed by atoms with Crippen LogP contribution in [0.1, 0.15) is 15.4 Å². The van der Waals surface area contributed by atoms with Crippen LogP contribution in [0.5, 0.6) is 0 Å². The highest BCUT2D eigenvalue weighted by Gasteiger charge is 2.27. The number of amides is 1. The van der Waals surface area contributed by atoms with Crippen LogP contribution in [-0.2, 0) is 6.54 Å². The molecular formula is C22H12ClF2N3OS2. The molecule has 9 heteroatoms. The first-order valence-corrected chi connectivity index (χ1v) is 11.2. The molecule has 0 atom stereocenters. The smallest absolute Gasteiger partial charge is 0.272 e. The summed E-state index contributed by atoms with van der Waals surface area (Å²) in [6.45, 7) is 0.105. The quantitative estimate of drug-likeness (QED) is 0.293. The van der Waals surface area contributed by atoms with Gasteiger partial charge in [0.25, 0.3) is 5.91 Å². The van der Waals surface area contributed by atoms with Crippen molar-refractivity contribution in [2.75, 3.05) is 4.90 Å². The lowest BCUT2D eigenvalue weighted by Crippen LogP contribution is -2.30. The number of fused-ring (bicyclic) bond motifs is 2. The highest BCUT2D eigenvalue weighted by molar-refractivity contribution is 7.23. The SMILES string of the molecule is O=C(c1sc2ccccc2c1Cl)N(Cc1ccccn1)c1nc2c(F)cc(F)cc2s1. The van der Waals surface area contributed by atoms with E-state index in [1.807, 2.05) is 30.3 Å². The van der Waals surface area contributed by atoms with Crippen LogP contribution in [0.2, 0.25) is 5.02 Å². The maximum Gasteiger partial charge on any atom is 0.272 e. The molecule has 0 aliphatic rings. The van der Waals surface area contributed by atoms with E-state index in [2.05, 4.69) is 9.97 Å². The van der Waals surface area contributed by atoms with Gasteiger partial charge < -0.3 is 0 Å². The zero-order valence-corrected chi connectivity index (χ0v) is 18.1. The molecule has 0 fully saturated rings. The van der Waals surface area contributed by atoms with Crippen molar-refractivity contribution >= 4 is 65.6 Å². The molecule has 0 bridgehead atoms. The summed E-state index contributed by atoms with van der Waals surface area (Å²) in [6.07, 6.45) is 1.62. The second-order valence-electron chi connectivity index (χ2n) is 6.68. The van der Waals surface area contributed by atoms with Gasteiger partial charge in [-0.1, -0.05) is 47.2 Å². The molecular weight excluding hydrogens is 460 g/mol. The van der Waals surface area contributed by atoms with Crippen molar-refractivity contribution in [1.29, 1.82) is 0 Å². The Morgan fingerprint density at radius 2 is 1.84 bits per heavy atom. The number of carbonyl (C=O) groups excluding carboxylic acids is 1. The molecule has 154 valence electrons. The minimum absolute atomic E-state index is 0.0164. The zero-order valence-electron chi connectivity index (χ0n) is 15.7. The summed E-state index contributed by atoms with van der Waals surface area (Å²) < 4.78 is 29.1. The molecule has 5 rings (SSSR count). The Morgan fingerprint density at radius 3 is 2.61 bits per heavy atom. The third-order valence-electron chi connectivity index (χ3n) is 4.65. The van der Waals surface area contributed by atoms with Crippen molar-refractivity contribution in [3.8, 4) is 0 Å². The summed E-state index contributed by atoms with van der Waals surface area (Å²) in [7, 11) is 0. The molecule has 2 aromatic carbocycles. The topological polar surface area (TPSA) is 46.1 Å². The van der Waals surface area contributed by atoms with Gasteiger partial charge in [0.15, 0.2) is 10.9 Å². The lowest BCUT2D eigenvalue weighted by Gasteiger charge is -2.19. The van der Waals surface area contributed by atoms with Crippen LogP contribution < -0.4 is 4.90 Å². The maximum atomic E-state index is 14.2. The van der Waals surface area contributed by atoms with Gasteiger partial charge in [-0.2, -0.15) is 0 Å². The number of anilines is 1. The van der Waals surface area contributed by atoms with E-state index in [0.717, 1.165) is 27.5 Å². The molecule has 0 aliphatic heterocycles. The molecule has 3 aromatic heterocycles. The van der Waals surface area contributed by atoms with Crippen molar-refractivity contribution in [2.24, 2.45) is 0 Å². The van der Waals surface area contributed by atoms with E-state index < -0.39 is 11.6 Å². The first-order chi connectivity index (χ1) is 15.0. The molecule has 1 amide bonds. The predicted octanol–water partition coefficient (Wildman–Crippen LogP) is 6.68. The molecule has 5 aromatic rings. The largest absolute Gasteiger partial charge is 0.277 e. The number of thiophene rings is 1. The van der Waals surface area contributed by atoms with E-state index in [9.17, 15) is 13.6 Å². The number of halogens is 3. The summed E-state index contributed by atoms with van der Waals surface area (Å²) in [6, 6.07) is 14.8. The average molecular weight is 472 g/mol. The molecule has 3 heterocycles. The van der Waals surface area contributed by atoms with Crippen molar-refractivity contribution in [3.63, 3.8) is 0 Å². The average Bonchev–Trinajstić information content (AvgIpc) is 3.34. The molecule has 0 unspecified atom stereocenters. The summed E-state index contributed by atoms with van der Waals surface area (Å²) >= 11 is 8.85. The van der Waals surface area contributed by atoms with Crippen molar-refractivity contribution in [3.05, 3.63) is 88.0 Å². The standard InChI is InChI=1S/C22H12ClF2N3OS2/c23-18-14-6-1-2-7-16(14)30-20(18)21(29)28(11-13-5-3-4-8-26-13)22-27-19-15(25)9-12(24)10-17(19)31-22/h1-10H,11H2. The first kappa shape index (κ1) is 20.0. The van der Waals surface area contributed by atoms with E-state index in [-0.39, 0.29) is 23.1 Å². The summed E-state index contributed by atoms with van der Waals surface area (Å²) in [5.74, 6) is -1.85. The Morgan fingerprint density at radius 1 is 1.03 bits per heavy atom. The number of nitrogens with zero attached hydrogens (tertiary/aromatic N) is 3. The van der Waals surface area contributed by atoms with E-state index in [1.54, 1.807) is 18.3 Å². The minimum Gasteiger partial charge on any atom is -0.277 e. The van der Waals surface area contributed by atoms with E-state index in [1.165, 1.54) is 22.3 Å². The zero-order chi connectivity index (χ0) is 21.5. The second-order valence-corrected chi connectivity index (χ2v) is 9.12. The van der Waals surface area contributed by atoms with Gasteiger partial charge in [0.2, 0.25) is 0 Å². The van der Waals surface area contributed by atoms with Crippen molar-refractivity contribution in [1.82, 2.24) is 9.97 Å². The Balaban J connectivity index is 1.64. The Hall–Kier alpha value is -2.94. The minimum atomic E-state index is -0.775. The van der Waals surface area contributed by atoms with Crippen LogP contribution in [0.4, 0.5) is 13.9 Å². The van der Waals surface area contributed by atoms with Crippen LogP contribution in [0.15, 0.2) is 60.8 Å². The van der Waals surface area contributed by atoms with Crippen LogP contribution >= 0.6 is 34.3 Å². The highest BCUT2D eigenvalue weighted by atomic mass is 35.5. The molecule has 4 nitrogen and oxygen atoms in total. The van der Waals surface area contributed by atoms with Gasteiger partial charge in [0.1, 0.15) is 16.2 Å². The number of hydrogen-bond donors (Lipinski definition) is 0. The summed E-state index contributed by atoms with van der Waals surface area (Å²) in [5.41, 5.74) is 0.640. The van der Waals surface area contributed by atoms with Gasteiger partial charge in [-0.25, -0.2) is 13.8 Å². The molecule has 0 saturated heterocycles. The van der Waals surface area contributed by atoms with Crippen LogP contribution in [0.25, 0.3) is 20.3 Å². The van der Waals surface area contributed by atoms with Crippen molar-refractivity contribution in [2.45, 2.75) is 6.54 Å². The van der Waals surface area contributed by atoms with Gasteiger partial charge in [-0.05, 0) is 24.3 Å². The van der Waals surface area contributed by atoms with Gasteiger partial charge in [0, 0.05) is 22.3 Å². The number of thiazole rings is 1. The number of aromatic nitrogens is 2. The van der Waals surface area contributed by atoms with E-state index in [4.69, 9.17) is 11.6 Å². The Kier molecular flexibility index (Phi) is 5.13. The third kappa shape index (κ3) is 3.67. The number of hydrogen-bond acceptors (Lipinski definition) is 5. The lowest BCUT2D eigenvalue weighted by atomic mass is 10.2. The third-order valence-corrected chi connectivity index (χ3v) is 7.34. The highest BCUT2D eigenvalue weighted by Crippen LogP contribution is 2.38. The maximum absolute atomic E-state index is 14.2. The molecule has 0 radical (unpaired) electrons. The van der Waals surface area contributed by atoms with Gasteiger partial charge >= 0.3 is 0 Å². The monoisotopic (exact) mass is 471 g/mol. The van der Waals surface area contributed by atoms with E-state index in [0.29, 0.717) is 20.3 Å². The van der Waals surface area contributed by atoms with Crippen LogP contribution in [-0.4, -0.2) is 15.9 Å². The number of carbonyl (C=O) groups is 1. The second kappa shape index (κ2) is 7.96. The summed E-state index contributed by atoms with van der Waals surface area (Å²) in [4.78, 5) is 23.9. The molecule has 0 saturated carbocycles. The molecule has 0 N–H and O–H groups in total. The molecule has 31 heavy (non-hydrogen) atoms. The number of benzene rings is 2. The molecule has 0 spiro atoms. The fraction of sp³-hybridized carbons (Fsp3) is 0.0455. The summed E-state index contributed by atoms with van der Waals surface area (Å²) in [5, 5.41) is 1.38. The van der Waals surface area contributed by atoms with Crippen LogP contribution in [0.3, 0.4) is 0 Å². The van der Waals surface area contributed by atoms with Crippen molar-refractivity contribution < 1.29 is 13.6 Å². The van der Waals surface area contributed by atoms with Gasteiger partial charge in [0.05, 0.1) is 22.0 Å². The first-order valence-electron chi connectivity index (χ1n) is 9.15. The normalized spacial score (nSPS) is 11.3. The number of rotatable bonds is 4. The fourth-order valence-corrected chi connectivity index (χ4v) is 5.68. The lowest BCUT2D eigenvalue weighted by molar-refractivity contribution is 0.0989. The number of pyridine rings is 1. The fourth-order valence-electron chi connectivity index (χ4n) is 3.22. The predicted molar refractivity (Wildman–Crippen MR) is 121 cm³/mol. The van der Waals surface area contributed by atoms with Crippen LogP contribution in [0, 0.1) is 11.6 Å². The Labute approximate surface area is 188 Å². The van der Waals surface area contributed by atoms with Gasteiger partial charge in [-0.3, -0.25) is 14.7 Å².